The first-order valence-electron chi connectivity index (χ1n) is 14.2. The molecule has 1 aromatic rings. The number of hydrogen-bond donors (Lipinski definition) is 5. The second-order valence-corrected chi connectivity index (χ2v) is 12.3. The molecule has 1 amide bonds. The van der Waals surface area contributed by atoms with Gasteiger partial charge in [-0.15, -0.1) is 0 Å². The highest BCUT2D eigenvalue weighted by Gasteiger charge is 2.64. The Kier molecular flexibility index (Phi) is 7.63. The summed E-state index contributed by atoms with van der Waals surface area (Å²) in [5.41, 5.74) is 3.87. The largest absolute Gasteiger partial charge is 0.508 e. The Labute approximate surface area is 244 Å². The van der Waals surface area contributed by atoms with E-state index in [0.29, 0.717) is 17.7 Å². The molecule has 6 N–H and O–H groups in total. The summed E-state index contributed by atoms with van der Waals surface area (Å²) < 4.78 is 5.47. The molecule has 0 unspecified atom stereocenters. The predicted molar refractivity (Wildman–Crippen MR) is 154 cm³/mol. The number of aromatic hydroxyl groups is 1. The molecule has 1 saturated heterocycles. The number of anilines is 1. The maximum Gasteiger partial charge on any atom is 0.255 e. The molecule has 1 aliphatic heterocycles. The summed E-state index contributed by atoms with van der Waals surface area (Å²) in [7, 11) is 8.57. The van der Waals surface area contributed by atoms with Crippen molar-refractivity contribution < 1.29 is 39.5 Å². The number of nitrogens with zero attached hydrogens (tertiary/aromatic N) is 3. The smallest absolute Gasteiger partial charge is 0.255 e. The Bertz CT molecular complexity index is 1410. The highest BCUT2D eigenvalue weighted by Crippen LogP contribution is 2.54. The molecule has 1 saturated carbocycles. The molecule has 0 radical (unpaired) electrons. The van der Waals surface area contributed by atoms with Gasteiger partial charge in [0.15, 0.2) is 11.4 Å². The average Bonchev–Trinajstić information content (AvgIpc) is 2.92. The molecule has 4 atom stereocenters. The van der Waals surface area contributed by atoms with E-state index in [4.69, 9.17) is 10.5 Å². The number of rotatable bonds is 6. The molecule has 5 rings (SSSR count). The number of benzene rings is 1. The first-order chi connectivity index (χ1) is 19.7. The number of piperidine rings is 1. The number of amides is 1. The summed E-state index contributed by atoms with van der Waals surface area (Å²) in [6.45, 7) is 1.96. The highest BCUT2D eigenvalue weighted by atomic mass is 16.5. The third kappa shape index (κ3) is 4.39. The SMILES string of the molecule is COC1CCN(Cc2cc(N(C)C)c3c(c2O)C(O)=C2C(=O)[C@]4(O)C(O)=C(C(N)=O)C(=O)[C@@H](N(C)C)[C@@H]4C[C@@H]2C3)CC1. The van der Waals surface area contributed by atoms with Gasteiger partial charge in [0, 0.05) is 63.6 Å². The van der Waals surface area contributed by atoms with Gasteiger partial charge in [0.2, 0.25) is 5.78 Å². The fourth-order valence-corrected chi connectivity index (χ4v) is 7.41. The normalized spacial score (nSPS) is 28.6. The van der Waals surface area contributed by atoms with E-state index in [1.54, 1.807) is 21.2 Å². The van der Waals surface area contributed by atoms with Crippen molar-refractivity contribution in [2.75, 3.05) is 53.3 Å². The number of phenols is 1. The zero-order valence-corrected chi connectivity index (χ0v) is 24.7. The number of fused-ring (bicyclic) bond motifs is 3. The van der Waals surface area contributed by atoms with Gasteiger partial charge in [0.05, 0.1) is 17.7 Å². The number of ketones is 2. The van der Waals surface area contributed by atoms with Crippen LogP contribution in [0.25, 0.3) is 5.76 Å². The molecule has 12 nitrogen and oxygen atoms in total. The molecule has 0 bridgehead atoms. The van der Waals surface area contributed by atoms with E-state index in [9.17, 15) is 34.8 Å². The van der Waals surface area contributed by atoms with E-state index < -0.39 is 58.0 Å². The van der Waals surface area contributed by atoms with Gasteiger partial charge in [-0.25, -0.2) is 0 Å². The first-order valence-corrected chi connectivity index (χ1v) is 14.2. The highest BCUT2D eigenvalue weighted by molar-refractivity contribution is 6.24. The Morgan fingerprint density at radius 3 is 2.33 bits per heavy atom. The number of carbonyl (C=O) groups is 3. The van der Waals surface area contributed by atoms with E-state index in [1.807, 2.05) is 25.1 Å². The van der Waals surface area contributed by atoms with Crippen LogP contribution >= 0.6 is 0 Å². The summed E-state index contributed by atoms with van der Waals surface area (Å²) >= 11 is 0. The van der Waals surface area contributed by atoms with Gasteiger partial charge in [-0.2, -0.15) is 0 Å². The number of ether oxygens (including phenoxy) is 1. The second-order valence-electron chi connectivity index (χ2n) is 12.3. The molecule has 12 heteroatoms. The quantitative estimate of drug-likeness (QED) is 0.297. The molecular formula is C30H40N4O8. The third-order valence-electron chi connectivity index (χ3n) is 9.52. The number of aliphatic hydroxyl groups is 3. The van der Waals surface area contributed by atoms with Crippen LogP contribution in [0, 0.1) is 11.8 Å². The van der Waals surface area contributed by atoms with Gasteiger partial charge >= 0.3 is 0 Å². The van der Waals surface area contributed by atoms with E-state index >= 15 is 0 Å². The van der Waals surface area contributed by atoms with E-state index in [2.05, 4.69) is 4.90 Å². The lowest BCUT2D eigenvalue weighted by atomic mass is 9.57. The van der Waals surface area contributed by atoms with E-state index in [1.165, 1.54) is 4.90 Å². The van der Waals surface area contributed by atoms with Gasteiger partial charge in [-0.1, -0.05) is 0 Å². The van der Waals surface area contributed by atoms with Gasteiger partial charge in [0.25, 0.3) is 5.91 Å². The molecule has 1 aromatic carbocycles. The Hall–Kier alpha value is -3.45. The summed E-state index contributed by atoms with van der Waals surface area (Å²) in [6.07, 6.45) is 2.20. The maximum atomic E-state index is 14.1. The minimum absolute atomic E-state index is 0.0512. The number of likely N-dealkylation sites (N-methyl/N-ethyl adjacent to an activating group) is 1. The van der Waals surface area contributed by atoms with Crippen molar-refractivity contribution >= 4 is 28.9 Å². The van der Waals surface area contributed by atoms with Crippen molar-refractivity contribution in [1.82, 2.24) is 9.80 Å². The number of carbonyl (C=O) groups excluding carboxylic acids is 3. The number of primary amides is 1. The average molecular weight is 585 g/mol. The monoisotopic (exact) mass is 584 g/mol. The molecular weight excluding hydrogens is 544 g/mol. The summed E-state index contributed by atoms with van der Waals surface area (Å²) in [4.78, 5) is 45.2. The lowest BCUT2D eigenvalue weighted by molar-refractivity contribution is -0.153. The molecule has 3 aliphatic carbocycles. The van der Waals surface area contributed by atoms with Crippen LogP contribution in [0.5, 0.6) is 5.75 Å². The van der Waals surface area contributed by atoms with Crippen molar-refractivity contribution in [2.45, 2.75) is 50.0 Å². The zero-order chi connectivity index (χ0) is 30.8. The molecule has 0 aromatic heterocycles. The summed E-state index contributed by atoms with van der Waals surface area (Å²) in [6, 6.07) is 0.782. The minimum atomic E-state index is -2.66. The predicted octanol–water partition coefficient (Wildman–Crippen LogP) is 0.641. The zero-order valence-electron chi connectivity index (χ0n) is 24.7. The van der Waals surface area contributed by atoms with Crippen molar-refractivity contribution in [3.8, 4) is 5.75 Å². The topological polar surface area (TPSA) is 177 Å². The number of aliphatic hydroxyl groups excluding tert-OH is 2. The van der Waals surface area contributed by atoms with Crippen LogP contribution < -0.4 is 10.6 Å². The number of hydrogen-bond acceptors (Lipinski definition) is 11. The molecule has 1 heterocycles. The van der Waals surface area contributed by atoms with Crippen LogP contribution in [0.2, 0.25) is 0 Å². The molecule has 228 valence electrons. The number of nitrogens with two attached hydrogens (primary N) is 1. The fourth-order valence-electron chi connectivity index (χ4n) is 7.41. The lowest BCUT2D eigenvalue weighted by Crippen LogP contribution is -2.65. The van der Waals surface area contributed by atoms with Crippen molar-refractivity contribution in [3.05, 3.63) is 39.7 Å². The van der Waals surface area contributed by atoms with Gasteiger partial charge in [0.1, 0.15) is 22.8 Å². The number of phenolic OH excluding ortho intramolecular Hbond substituents is 1. The fraction of sp³-hybridized carbons (Fsp3) is 0.567. The Balaban J connectivity index is 1.64. The number of likely N-dealkylation sites (tertiary alicyclic amines) is 1. The van der Waals surface area contributed by atoms with Gasteiger partial charge in [-0.3, -0.25) is 24.2 Å². The summed E-state index contributed by atoms with van der Waals surface area (Å²) in [5, 5.41) is 46.1. The lowest BCUT2D eigenvalue weighted by Gasteiger charge is -2.50. The first kappa shape index (κ1) is 30.0. The molecule has 42 heavy (non-hydrogen) atoms. The van der Waals surface area contributed by atoms with Crippen LogP contribution in [0.4, 0.5) is 5.69 Å². The minimum Gasteiger partial charge on any atom is -0.508 e. The maximum absolute atomic E-state index is 14.1. The van der Waals surface area contributed by atoms with Gasteiger partial charge in [-0.05, 0) is 57.3 Å². The van der Waals surface area contributed by atoms with E-state index in [0.717, 1.165) is 31.6 Å². The van der Waals surface area contributed by atoms with Crippen LogP contribution in [-0.4, -0.2) is 114 Å². The van der Waals surface area contributed by atoms with Crippen molar-refractivity contribution in [2.24, 2.45) is 17.6 Å². The van der Waals surface area contributed by atoms with E-state index in [-0.39, 0.29) is 35.8 Å². The number of methoxy groups -OCH3 is 1. The van der Waals surface area contributed by atoms with Crippen LogP contribution in [-0.2, 0) is 32.1 Å². The number of Topliss-reactive ketones (excluding diaryl/α,β-unsaturated/α-hetero) is 2. The Morgan fingerprint density at radius 1 is 1.14 bits per heavy atom. The summed E-state index contributed by atoms with van der Waals surface area (Å²) in [5.74, 6) is -6.50. The molecule has 4 aliphatic rings. The molecule has 0 spiro atoms. The van der Waals surface area contributed by atoms with Crippen LogP contribution in [0.1, 0.15) is 36.0 Å². The molecule has 2 fully saturated rings. The van der Waals surface area contributed by atoms with Gasteiger partial charge < -0.3 is 35.8 Å². The second kappa shape index (κ2) is 10.7. The van der Waals surface area contributed by atoms with Crippen molar-refractivity contribution in [1.29, 1.82) is 0 Å². The van der Waals surface area contributed by atoms with Crippen LogP contribution in [0.3, 0.4) is 0 Å². The Morgan fingerprint density at radius 2 is 1.79 bits per heavy atom. The van der Waals surface area contributed by atoms with Crippen molar-refractivity contribution in [3.63, 3.8) is 0 Å². The third-order valence-corrected chi connectivity index (χ3v) is 9.52. The standard InChI is InChI=1S/C30H40N4O8/c1-32(2)19-12-15(13-34-8-6-16(42-5)7-9-34)24(35)21-17(19)10-14-11-18-23(33(3)4)26(37)22(29(31)40)28(39)30(18,41)27(38)20(14)25(21)36/h12,14,16,18,23,35-36,39,41H,6-11,13H2,1-5H3,(H2,31,40)/t14-,18-,23-,30-/m0/s1. The van der Waals surface area contributed by atoms with Crippen LogP contribution in [0.15, 0.2) is 23.0 Å².